The number of halogens is 2. The van der Waals surface area contributed by atoms with Crippen molar-refractivity contribution in [2.75, 3.05) is 6.61 Å². The van der Waals surface area contributed by atoms with Crippen LogP contribution in [0.3, 0.4) is 0 Å². The summed E-state index contributed by atoms with van der Waals surface area (Å²) >= 11 is 9.84. The Hall–Kier alpha value is -0.990. The second-order valence-corrected chi connectivity index (χ2v) is 6.53. The molecule has 0 aliphatic carbocycles. The summed E-state index contributed by atoms with van der Waals surface area (Å²) in [4.78, 5) is 0.187. The number of ether oxygens (including phenoxy) is 1. The van der Waals surface area contributed by atoms with Crippen molar-refractivity contribution in [3.8, 4) is 5.75 Å². The molecule has 0 saturated heterocycles. The highest BCUT2D eigenvalue weighted by Crippen LogP contribution is 2.36. The zero-order valence-corrected chi connectivity index (χ0v) is 13.7. The summed E-state index contributed by atoms with van der Waals surface area (Å²) in [5.74, 6) is 1.03. The molecule has 1 unspecified atom stereocenters. The zero-order valence-electron chi connectivity index (χ0n) is 11.3. The van der Waals surface area contributed by atoms with Gasteiger partial charge in [0.05, 0.1) is 11.4 Å². The molecule has 20 heavy (non-hydrogen) atoms. The first-order valence-electron chi connectivity index (χ1n) is 6.81. The molecule has 0 radical (unpaired) electrons. The molecule has 3 rings (SSSR count). The highest BCUT2D eigenvalue weighted by molar-refractivity contribution is 9.09. The van der Waals surface area contributed by atoms with Gasteiger partial charge in [0.25, 0.3) is 0 Å². The predicted octanol–water partition coefficient (Wildman–Crippen LogP) is 5.46. The maximum Gasteiger partial charge on any atom is 0.122 e. The van der Waals surface area contributed by atoms with E-state index in [1.165, 1.54) is 22.3 Å². The fraction of sp³-hybridized carbons (Fsp3) is 0.294. The summed E-state index contributed by atoms with van der Waals surface area (Å²) in [6.45, 7) is 2.93. The van der Waals surface area contributed by atoms with Gasteiger partial charge in [-0.25, -0.2) is 0 Å². The Bertz CT molecular complexity index is 639. The third kappa shape index (κ3) is 2.72. The molecule has 0 spiro atoms. The number of aryl methyl sites for hydroxylation is 2. The first kappa shape index (κ1) is 14.0. The second kappa shape index (κ2) is 5.79. The molecule has 3 heteroatoms. The fourth-order valence-corrected chi connectivity index (χ4v) is 3.67. The van der Waals surface area contributed by atoms with Crippen molar-refractivity contribution < 1.29 is 4.74 Å². The molecule has 0 amide bonds. The van der Waals surface area contributed by atoms with Crippen LogP contribution in [0.2, 0.25) is 5.02 Å². The molecule has 1 aliphatic rings. The van der Waals surface area contributed by atoms with Crippen molar-refractivity contribution in [1.29, 1.82) is 0 Å². The topological polar surface area (TPSA) is 9.23 Å². The molecular weight excluding hydrogens is 336 g/mol. The quantitative estimate of drug-likeness (QED) is 0.653. The first-order valence-corrected chi connectivity index (χ1v) is 8.10. The Balaban J connectivity index is 1.95. The van der Waals surface area contributed by atoms with Gasteiger partial charge in [0.1, 0.15) is 5.75 Å². The number of alkyl halides is 1. The fourth-order valence-electron chi connectivity index (χ4n) is 2.64. The third-order valence-corrected chi connectivity index (χ3v) is 4.99. The molecule has 104 valence electrons. The molecule has 1 nitrogen and oxygen atoms in total. The van der Waals surface area contributed by atoms with Crippen LogP contribution in [-0.4, -0.2) is 6.61 Å². The van der Waals surface area contributed by atoms with Crippen molar-refractivity contribution in [2.45, 2.75) is 24.6 Å². The molecule has 2 aromatic carbocycles. The maximum absolute atomic E-state index is 6.03. The summed E-state index contributed by atoms with van der Waals surface area (Å²) < 4.78 is 5.67. The number of benzene rings is 2. The monoisotopic (exact) mass is 350 g/mol. The van der Waals surface area contributed by atoms with Crippen molar-refractivity contribution in [1.82, 2.24) is 0 Å². The number of hydrogen-bond donors (Lipinski definition) is 0. The Morgan fingerprint density at radius 1 is 1.20 bits per heavy atom. The molecule has 1 aliphatic heterocycles. The minimum absolute atomic E-state index is 0.187. The summed E-state index contributed by atoms with van der Waals surface area (Å²) in [6, 6.07) is 12.5. The van der Waals surface area contributed by atoms with Gasteiger partial charge < -0.3 is 4.74 Å². The summed E-state index contributed by atoms with van der Waals surface area (Å²) in [7, 11) is 0. The van der Waals surface area contributed by atoms with Gasteiger partial charge in [-0.3, -0.25) is 0 Å². The van der Waals surface area contributed by atoms with Crippen LogP contribution in [0.1, 0.15) is 33.5 Å². The Morgan fingerprint density at radius 3 is 2.85 bits per heavy atom. The lowest BCUT2D eigenvalue weighted by atomic mass is 9.97. The van der Waals surface area contributed by atoms with Crippen LogP contribution in [0.25, 0.3) is 0 Å². The highest BCUT2D eigenvalue weighted by atomic mass is 79.9. The average Bonchev–Trinajstić information content (AvgIpc) is 2.46. The zero-order chi connectivity index (χ0) is 14.1. The second-order valence-electron chi connectivity index (χ2n) is 5.18. The minimum Gasteiger partial charge on any atom is -0.493 e. The molecule has 1 atom stereocenters. The Kier molecular flexibility index (Phi) is 4.04. The lowest BCUT2D eigenvalue weighted by Gasteiger charge is -2.20. The maximum atomic E-state index is 6.03. The van der Waals surface area contributed by atoms with Gasteiger partial charge in [0.2, 0.25) is 0 Å². The van der Waals surface area contributed by atoms with Crippen molar-refractivity contribution in [3.05, 3.63) is 63.7 Å². The molecule has 0 bridgehead atoms. The van der Waals surface area contributed by atoms with E-state index in [9.17, 15) is 0 Å². The lowest BCUT2D eigenvalue weighted by molar-refractivity contribution is 0.288. The molecule has 0 aromatic heterocycles. The van der Waals surface area contributed by atoms with E-state index in [4.69, 9.17) is 16.3 Å². The SMILES string of the molecule is Cc1cc(Cl)ccc1C(Br)c1ccc2c(c1)CCCO2. The van der Waals surface area contributed by atoms with E-state index < -0.39 is 0 Å². The summed E-state index contributed by atoms with van der Waals surface area (Å²) in [5.41, 5.74) is 5.03. The average molecular weight is 352 g/mol. The van der Waals surface area contributed by atoms with Gasteiger partial charge in [-0.05, 0) is 60.2 Å². The summed E-state index contributed by atoms with van der Waals surface area (Å²) in [5, 5.41) is 0.782. The number of hydrogen-bond acceptors (Lipinski definition) is 1. The van der Waals surface area contributed by atoms with Gasteiger partial charge in [0, 0.05) is 5.02 Å². The van der Waals surface area contributed by atoms with Crippen LogP contribution >= 0.6 is 27.5 Å². The van der Waals surface area contributed by atoms with Gasteiger partial charge in [-0.2, -0.15) is 0 Å². The van der Waals surface area contributed by atoms with E-state index in [0.29, 0.717) is 0 Å². The van der Waals surface area contributed by atoms with Crippen molar-refractivity contribution >= 4 is 27.5 Å². The molecule has 0 N–H and O–H groups in total. The number of fused-ring (bicyclic) bond motifs is 1. The normalized spacial score (nSPS) is 15.3. The summed E-state index contributed by atoms with van der Waals surface area (Å²) in [6.07, 6.45) is 2.20. The van der Waals surface area contributed by atoms with Crippen molar-refractivity contribution in [2.24, 2.45) is 0 Å². The van der Waals surface area contributed by atoms with Gasteiger partial charge in [-0.15, -0.1) is 0 Å². The predicted molar refractivity (Wildman–Crippen MR) is 87.2 cm³/mol. The van der Waals surface area contributed by atoms with Gasteiger partial charge in [-0.1, -0.05) is 45.7 Å². The molecular formula is C17H16BrClO. The van der Waals surface area contributed by atoms with Crippen LogP contribution in [-0.2, 0) is 6.42 Å². The van der Waals surface area contributed by atoms with E-state index in [1.54, 1.807) is 0 Å². The van der Waals surface area contributed by atoms with Gasteiger partial charge in [0.15, 0.2) is 0 Å². The smallest absolute Gasteiger partial charge is 0.122 e. The van der Waals surface area contributed by atoms with Crippen LogP contribution in [0, 0.1) is 6.92 Å². The molecule has 0 saturated carbocycles. The first-order chi connectivity index (χ1) is 9.65. The van der Waals surface area contributed by atoms with E-state index in [-0.39, 0.29) is 4.83 Å². The van der Waals surface area contributed by atoms with Crippen LogP contribution in [0.5, 0.6) is 5.75 Å². The standard InChI is InChI=1S/C17H16BrClO/c1-11-9-14(19)5-6-15(11)17(18)13-4-7-16-12(10-13)3-2-8-20-16/h4-7,9-10,17H,2-3,8H2,1H3. The Labute approximate surface area is 133 Å². The van der Waals surface area contributed by atoms with Crippen LogP contribution in [0.15, 0.2) is 36.4 Å². The van der Waals surface area contributed by atoms with E-state index >= 15 is 0 Å². The molecule has 1 heterocycles. The van der Waals surface area contributed by atoms with Gasteiger partial charge >= 0.3 is 0 Å². The lowest BCUT2D eigenvalue weighted by Crippen LogP contribution is -2.09. The Morgan fingerprint density at radius 2 is 2.05 bits per heavy atom. The third-order valence-electron chi connectivity index (χ3n) is 3.73. The van der Waals surface area contributed by atoms with Crippen LogP contribution < -0.4 is 4.74 Å². The minimum atomic E-state index is 0.187. The van der Waals surface area contributed by atoms with E-state index in [1.807, 2.05) is 12.1 Å². The number of rotatable bonds is 2. The van der Waals surface area contributed by atoms with Crippen LogP contribution in [0.4, 0.5) is 0 Å². The molecule has 0 fully saturated rings. The molecule has 2 aromatic rings. The van der Waals surface area contributed by atoms with E-state index in [2.05, 4.69) is 47.1 Å². The van der Waals surface area contributed by atoms with Crippen molar-refractivity contribution in [3.63, 3.8) is 0 Å². The largest absolute Gasteiger partial charge is 0.493 e. The highest BCUT2D eigenvalue weighted by Gasteiger charge is 2.16. The van der Waals surface area contributed by atoms with E-state index in [0.717, 1.165) is 30.2 Å².